The van der Waals surface area contributed by atoms with Crippen molar-refractivity contribution in [1.29, 1.82) is 0 Å². The quantitative estimate of drug-likeness (QED) is 0.361. The van der Waals surface area contributed by atoms with Gasteiger partial charge in [0, 0.05) is 40.1 Å². The minimum absolute atomic E-state index is 0. The van der Waals surface area contributed by atoms with Crippen LogP contribution in [0, 0.1) is 5.41 Å². The lowest BCUT2D eigenvalue weighted by Gasteiger charge is -2.18. The third-order valence-corrected chi connectivity index (χ3v) is 5.14. The highest BCUT2D eigenvalue weighted by Gasteiger charge is 2.41. The number of rotatable bonds is 7. The van der Waals surface area contributed by atoms with Gasteiger partial charge in [-0.1, -0.05) is 23.2 Å². The van der Waals surface area contributed by atoms with E-state index >= 15 is 0 Å². The number of ether oxygens (including phenoxy) is 1. The van der Waals surface area contributed by atoms with Crippen molar-refractivity contribution in [3.63, 3.8) is 0 Å². The molecule has 0 spiro atoms. The molecule has 0 amide bonds. The third kappa shape index (κ3) is 5.69. The van der Waals surface area contributed by atoms with Crippen molar-refractivity contribution in [1.82, 2.24) is 15.2 Å². The summed E-state index contributed by atoms with van der Waals surface area (Å²) in [5.74, 6) is 0.789. The van der Waals surface area contributed by atoms with E-state index < -0.39 is 0 Å². The van der Waals surface area contributed by atoms with Crippen LogP contribution in [0.4, 0.5) is 0 Å². The zero-order valence-electron chi connectivity index (χ0n) is 13.8. The first-order valence-corrected chi connectivity index (χ1v) is 8.20. The smallest absolute Gasteiger partial charge is 0.191 e. The van der Waals surface area contributed by atoms with Crippen LogP contribution in [0.2, 0.25) is 10.2 Å². The van der Waals surface area contributed by atoms with Gasteiger partial charge in [0.15, 0.2) is 5.96 Å². The van der Waals surface area contributed by atoms with E-state index in [1.807, 2.05) is 17.7 Å². The van der Waals surface area contributed by atoms with E-state index in [0.717, 1.165) is 31.2 Å². The van der Waals surface area contributed by atoms with Gasteiger partial charge in [0.05, 0.1) is 11.6 Å². The van der Waals surface area contributed by atoms with E-state index in [9.17, 15) is 0 Å². The van der Waals surface area contributed by atoms with Gasteiger partial charge in [0.25, 0.3) is 0 Å². The fourth-order valence-electron chi connectivity index (χ4n) is 2.44. The molecule has 1 heterocycles. The molecule has 1 aliphatic carbocycles. The van der Waals surface area contributed by atoms with Crippen LogP contribution < -0.4 is 10.6 Å². The van der Waals surface area contributed by atoms with E-state index in [1.54, 1.807) is 14.2 Å². The van der Waals surface area contributed by atoms with E-state index in [1.165, 1.54) is 12.8 Å². The number of aliphatic imine (C=N–C) groups is 1. The molecule has 0 aliphatic heterocycles. The number of hydrogen-bond donors (Lipinski definition) is 2. The maximum atomic E-state index is 6.07. The van der Waals surface area contributed by atoms with Gasteiger partial charge in [0.2, 0.25) is 0 Å². The van der Waals surface area contributed by atoms with Crippen molar-refractivity contribution in [2.75, 3.05) is 27.3 Å². The molecule has 2 N–H and O–H groups in total. The molecule has 8 heteroatoms. The molecule has 0 radical (unpaired) electrons. The van der Waals surface area contributed by atoms with E-state index in [4.69, 9.17) is 27.9 Å². The van der Waals surface area contributed by atoms with Gasteiger partial charge in [-0.2, -0.15) is 0 Å². The Balaban J connectivity index is 0.00000264. The first kappa shape index (κ1) is 20.9. The zero-order chi connectivity index (χ0) is 16.2. The maximum Gasteiger partial charge on any atom is 0.191 e. The Bertz CT molecular complexity index is 544. The largest absolute Gasteiger partial charge is 0.385 e. The van der Waals surface area contributed by atoms with Gasteiger partial charge in [-0.3, -0.25) is 4.99 Å². The van der Waals surface area contributed by atoms with Gasteiger partial charge < -0.3 is 19.9 Å². The lowest BCUT2D eigenvalue weighted by atomic mass is 10.0. The van der Waals surface area contributed by atoms with Crippen molar-refractivity contribution in [2.45, 2.75) is 25.8 Å². The first-order chi connectivity index (χ1) is 10.5. The van der Waals surface area contributed by atoms with E-state index in [-0.39, 0.29) is 24.0 Å². The third-order valence-electron chi connectivity index (χ3n) is 4.30. The summed E-state index contributed by atoms with van der Waals surface area (Å²) in [6, 6.07) is 1.87. The molecule has 0 unspecified atom stereocenters. The zero-order valence-corrected chi connectivity index (χ0v) is 17.6. The number of nitrogens with one attached hydrogen (secondary N) is 2. The Labute approximate surface area is 165 Å². The number of aromatic nitrogens is 1. The topological polar surface area (TPSA) is 50.6 Å². The van der Waals surface area contributed by atoms with Gasteiger partial charge in [-0.15, -0.1) is 24.0 Å². The molecule has 0 bridgehead atoms. The van der Waals surface area contributed by atoms with Crippen LogP contribution in [0.1, 0.15) is 25.0 Å². The summed E-state index contributed by atoms with van der Waals surface area (Å²) >= 11 is 12.1. The predicted octanol–water partition coefficient (Wildman–Crippen LogP) is 3.43. The molecule has 23 heavy (non-hydrogen) atoms. The number of nitrogens with zero attached hydrogens (tertiary/aromatic N) is 2. The molecule has 1 fully saturated rings. The van der Waals surface area contributed by atoms with Crippen LogP contribution >= 0.6 is 47.2 Å². The van der Waals surface area contributed by atoms with Crippen LogP contribution in [-0.2, 0) is 18.3 Å². The lowest BCUT2D eigenvalue weighted by molar-refractivity contribution is 0.172. The minimum atomic E-state index is 0. The molecule has 0 atom stereocenters. The standard InChI is InChI=1S/C15H24Cl2N4O.HI/c1-18-14(20-10-15(4-5-15)6-7-22-3)19-9-11-8-12(16)13(17)21(11)2;/h8H,4-7,9-10H2,1-3H3,(H2,18,19,20);1H. The molecule has 5 nitrogen and oxygen atoms in total. The second kappa shape index (κ2) is 9.34. The van der Waals surface area contributed by atoms with Gasteiger partial charge in [0.1, 0.15) is 5.15 Å². The molecule has 2 rings (SSSR count). The normalized spacial score (nSPS) is 16.0. The summed E-state index contributed by atoms with van der Waals surface area (Å²) in [4.78, 5) is 4.26. The Morgan fingerprint density at radius 2 is 2.09 bits per heavy atom. The molecule has 0 saturated heterocycles. The summed E-state index contributed by atoms with van der Waals surface area (Å²) in [6.45, 7) is 2.35. The average molecular weight is 475 g/mol. The second-order valence-corrected chi connectivity index (χ2v) is 6.62. The van der Waals surface area contributed by atoms with Crippen LogP contribution in [0.3, 0.4) is 0 Å². The van der Waals surface area contributed by atoms with Gasteiger partial charge in [-0.25, -0.2) is 0 Å². The maximum absolute atomic E-state index is 6.07. The highest BCUT2D eigenvalue weighted by molar-refractivity contribution is 14.0. The summed E-state index contributed by atoms with van der Waals surface area (Å²) in [6.07, 6.45) is 3.60. The number of methoxy groups -OCH3 is 1. The average Bonchev–Trinajstić information content (AvgIpc) is 3.25. The Hall–Kier alpha value is -0.180. The van der Waals surface area contributed by atoms with Crippen molar-refractivity contribution in [3.8, 4) is 0 Å². The van der Waals surface area contributed by atoms with Gasteiger partial charge >= 0.3 is 0 Å². The van der Waals surface area contributed by atoms with Crippen molar-refractivity contribution in [2.24, 2.45) is 17.5 Å². The Morgan fingerprint density at radius 3 is 2.57 bits per heavy atom. The fraction of sp³-hybridized carbons (Fsp3) is 0.667. The summed E-state index contributed by atoms with van der Waals surface area (Å²) < 4.78 is 7.05. The molecule has 0 aromatic carbocycles. The highest BCUT2D eigenvalue weighted by atomic mass is 127. The Morgan fingerprint density at radius 1 is 1.39 bits per heavy atom. The molecule has 1 aromatic rings. The summed E-state index contributed by atoms with van der Waals surface area (Å²) in [7, 11) is 5.42. The summed E-state index contributed by atoms with van der Waals surface area (Å²) in [5.41, 5.74) is 1.39. The molecular formula is C15H25Cl2IN4O. The van der Waals surface area contributed by atoms with Crippen molar-refractivity contribution >= 4 is 53.1 Å². The van der Waals surface area contributed by atoms with Crippen LogP contribution in [-0.4, -0.2) is 37.8 Å². The van der Waals surface area contributed by atoms with Crippen molar-refractivity contribution in [3.05, 3.63) is 21.9 Å². The van der Waals surface area contributed by atoms with Gasteiger partial charge in [-0.05, 0) is 30.7 Å². The van der Waals surface area contributed by atoms with E-state index in [2.05, 4.69) is 15.6 Å². The van der Waals surface area contributed by atoms with E-state index in [0.29, 0.717) is 22.1 Å². The van der Waals surface area contributed by atoms with Crippen LogP contribution in [0.25, 0.3) is 0 Å². The summed E-state index contributed by atoms with van der Waals surface area (Å²) in [5, 5.41) is 7.82. The molecule has 132 valence electrons. The van der Waals surface area contributed by atoms with Crippen LogP contribution in [0.5, 0.6) is 0 Å². The predicted molar refractivity (Wildman–Crippen MR) is 107 cm³/mol. The number of halogens is 3. The number of guanidine groups is 1. The Kier molecular flexibility index (Phi) is 8.47. The minimum Gasteiger partial charge on any atom is -0.385 e. The molecule has 1 aromatic heterocycles. The van der Waals surface area contributed by atoms with Crippen molar-refractivity contribution < 1.29 is 4.74 Å². The molecular weight excluding hydrogens is 450 g/mol. The SMILES string of the molecule is CN=C(NCc1cc(Cl)c(Cl)n1C)NCC1(CCOC)CC1.I. The number of hydrogen-bond acceptors (Lipinski definition) is 2. The highest BCUT2D eigenvalue weighted by Crippen LogP contribution is 2.48. The monoisotopic (exact) mass is 474 g/mol. The second-order valence-electron chi connectivity index (χ2n) is 5.86. The molecule has 1 aliphatic rings. The fourth-order valence-corrected chi connectivity index (χ4v) is 2.85. The molecule has 1 saturated carbocycles. The lowest BCUT2D eigenvalue weighted by Crippen LogP contribution is -2.40. The van der Waals surface area contributed by atoms with Crippen LogP contribution in [0.15, 0.2) is 11.1 Å². The first-order valence-electron chi connectivity index (χ1n) is 7.44.